The van der Waals surface area contributed by atoms with Gasteiger partial charge in [-0.3, -0.25) is 0 Å². The van der Waals surface area contributed by atoms with Gasteiger partial charge in [-0.2, -0.15) is 0 Å². The molecule has 0 bridgehead atoms. The third-order valence-corrected chi connectivity index (χ3v) is 2.99. The van der Waals surface area contributed by atoms with Crippen LogP contribution in [-0.4, -0.2) is 45.2 Å². The van der Waals surface area contributed by atoms with E-state index in [-0.39, 0.29) is 19.3 Å². The van der Waals surface area contributed by atoms with Crippen molar-refractivity contribution in [3.63, 3.8) is 0 Å². The molecule has 0 aromatic heterocycles. The van der Waals surface area contributed by atoms with Crippen molar-refractivity contribution in [3.05, 3.63) is 23.8 Å². The van der Waals surface area contributed by atoms with Crippen LogP contribution in [0.5, 0.6) is 11.5 Å². The molecule has 1 aromatic carbocycles. The predicted octanol–water partition coefficient (Wildman–Crippen LogP) is 1.75. The number of hydrogen-bond donors (Lipinski definition) is 2. The number of benzene rings is 1. The van der Waals surface area contributed by atoms with Gasteiger partial charge in [0.1, 0.15) is 12.7 Å². The van der Waals surface area contributed by atoms with Gasteiger partial charge in [0.2, 0.25) is 0 Å². The zero-order chi connectivity index (χ0) is 15.0. The highest BCUT2D eigenvalue weighted by molar-refractivity contribution is 5.43. The number of aliphatic hydroxyl groups excluding tert-OH is 1. The summed E-state index contributed by atoms with van der Waals surface area (Å²) in [4.78, 5) is 0. The Morgan fingerprint density at radius 2 is 1.95 bits per heavy atom. The molecule has 0 amide bonds. The van der Waals surface area contributed by atoms with Gasteiger partial charge in [-0.05, 0) is 31.2 Å². The maximum Gasteiger partial charge on any atom is 0.161 e. The third kappa shape index (κ3) is 5.00. The number of nitrogens with one attached hydrogen (secondary N) is 1. The van der Waals surface area contributed by atoms with E-state index in [0.717, 1.165) is 12.1 Å². The molecule has 20 heavy (non-hydrogen) atoms. The highest BCUT2D eigenvalue weighted by atomic mass is 16.5. The lowest BCUT2D eigenvalue weighted by Crippen LogP contribution is -2.22. The average Bonchev–Trinajstić information content (AvgIpc) is 2.45. The van der Waals surface area contributed by atoms with E-state index in [1.807, 2.05) is 18.2 Å². The summed E-state index contributed by atoms with van der Waals surface area (Å²) in [6.45, 7) is 5.50. The van der Waals surface area contributed by atoms with E-state index in [2.05, 4.69) is 19.2 Å². The molecule has 0 saturated carbocycles. The van der Waals surface area contributed by atoms with Crippen LogP contribution in [0.2, 0.25) is 0 Å². The minimum atomic E-state index is -0.648. The number of aliphatic hydroxyl groups is 1. The first-order chi connectivity index (χ1) is 9.62. The SMILES string of the molecule is CCNC(C)c1ccc(OCC(O)COC)c(OC)c1. The second-order valence-electron chi connectivity index (χ2n) is 4.61. The summed E-state index contributed by atoms with van der Waals surface area (Å²) in [6, 6.07) is 6.06. The Balaban J connectivity index is 2.72. The van der Waals surface area contributed by atoms with Crippen LogP contribution in [0.3, 0.4) is 0 Å². The highest BCUT2D eigenvalue weighted by Crippen LogP contribution is 2.30. The molecule has 2 atom stereocenters. The smallest absolute Gasteiger partial charge is 0.161 e. The normalized spacial score (nSPS) is 13.8. The van der Waals surface area contributed by atoms with E-state index in [9.17, 15) is 5.11 Å². The number of rotatable bonds is 9. The molecule has 0 fully saturated rings. The van der Waals surface area contributed by atoms with Crippen molar-refractivity contribution >= 4 is 0 Å². The Kier molecular flexibility index (Phi) is 7.36. The molecule has 1 rings (SSSR count). The molecule has 2 N–H and O–H groups in total. The number of ether oxygens (including phenoxy) is 3. The molecule has 0 aliphatic carbocycles. The number of hydrogen-bond acceptors (Lipinski definition) is 5. The second-order valence-corrected chi connectivity index (χ2v) is 4.61. The van der Waals surface area contributed by atoms with Gasteiger partial charge in [-0.1, -0.05) is 13.0 Å². The van der Waals surface area contributed by atoms with E-state index < -0.39 is 6.10 Å². The van der Waals surface area contributed by atoms with Crippen LogP contribution in [0.1, 0.15) is 25.5 Å². The molecule has 0 aliphatic rings. The Bertz CT molecular complexity index is 397. The molecule has 1 aromatic rings. The highest BCUT2D eigenvalue weighted by Gasteiger charge is 2.11. The maximum absolute atomic E-state index is 9.59. The molecule has 0 radical (unpaired) electrons. The monoisotopic (exact) mass is 283 g/mol. The fourth-order valence-corrected chi connectivity index (χ4v) is 1.92. The molecule has 114 valence electrons. The van der Waals surface area contributed by atoms with Crippen LogP contribution in [0.4, 0.5) is 0 Å². The van der Waals surface area contributed by atoms with E-state index in [0.29, 0.717) is 11.5 Å². The maximum atomic E-state index is 9.59. The van der Waals surface area contributed by atoms with Gasteiger partial charge in [-0.25, -0.2) is 0 Å². The van der Waals surface area contributed by atoms with Gasteiger partial charge < -0.3 is 24.6 Å². The fourth-order valence-electron chi connectivity index (χ4n) is 1.92. The predicted molar refractivity (Wildman–Crippen MR) is 78.5 cm³/mol. The Morgan fingerprint density at radius 3 is 2.55 bits per heavy atom. The van der Waals surface area contributed by atoms with E-state index >= 15 is 0 Å². The van der Waals surface area contributed by atoms with Gasteiger partial charge in [0.25, 0.3) is 0 Å². The molecule has 5 nitrogen and oxygen atoms in total. The standard InChI is InChI=1S/C15H25NO4/c1-5-16-11(2)12-6-7-14(15(8-12)19-4)20-10-13(17)9-18-3/h6-8,11,13,16-17H,5,9-10H2,1-4H3. The van der Waals surface area contributed by atoms with Crippen LogP contribution in [0.15, 0.2) is 18.2 Å². The molecule has 0 saturated heterocycles. The van der Waals surface area contributed by atoms with Gasteiger partial charge in [0.05, 0.1) is 13.7 Å². The summed E-state index contributed by atoms with van der Waals surface area (Å²) in [7, 11) is 3.15. The summed E-state index contributed by atoms with van der Waals surface area (Å²) in [5.74, 6) is 1.28. The van der Waals surface area contributed by atoms with Gasteiger partial charge in [-0.15, -0.1) is 0 Å². The molecular formula is C15H25NO4. The van der Waals surface area contributed by atoms with Crippen LogP contribution < -0.4 is 14.8 Å². The van der Waals surface area contributed by atoms with E-state index in [4.69, 9.17) is 14.2 Å². The summed E-state index contributed by atoms with van der Waals surface area (Å²) in [6.07, 6.45) is -0.648. The first-order valence-electron chi connectivity index (χ1n) is 6.83. The zero-order valence-corrected chi connectivity index (χ0v) is 12.7. The summed E-state index contributed by atoms with van der Waals surface area (Å²) in [5, 5.41) is 12.9. The van der Waals surface area contributed by atoms with Gasteiger partial charge in [0.15, 0.2) is 11.5 Å². The third-order valence-electron chi connectivity index (χ3n) is 2.99. The average molecular weight is 283 g/mol. The minimum absolute atomic E-state index is 0.173. The fraction of sp³-hybridized carbons (Fsp3) is 0.600. The topological polar surface area (TPSA) is 60.0 Å². The van der Waals surface area contributed by atoms with Crippen LogP contribution in [0.25, 0.3) is 0 Å². The largest absolute Gasteiger partial charge is 0.493 e. The van der Waals surface area contributed by atoms with Crippen molar-refractivity contribution in [2.24, 2.45) is 0 Å². The molecule has 0 spiro atoms. The van der Waals surface area contributed by atoms with Crippen molar-refractivity contribution in [1.82, 2.24) is 5.32 Å². The summed E-state index contributed by atoms with van der Waals surface area (Å²) < 4.78 is 15.8. The van der Waals surface area contributed by atoms with Crippen LogP contribution >= 0.6 is 0 Å². The zero-order valence-electron chi connectivity index (χ0n) is 12.7. The molecule has 5 heteroatoms. The minimum Gasteiger partial charge on any atom is -0.493 e. The second kappa shape index (κ2) is 8.79. The van der Waals surface area contributed by atoms with Crippen molar-refractivity contribution in [2.75, 3.05) is 34.0 Å². The Labute approximate surface area is 120 Å². The summed E-state index contributed by atoms with van der Waals surface area (Å²) in [5.41, 5.74) is 1.13. The van der Waals surface area contributed by atoms with Crippen molar-refractivity contribution in [2.45, 2.75) is 26.0 Å². The Hall–Kier alpha value is -1.30. The van der Waals surface area contributed by atoms with Crippen LogP contribution in [-0.2, 0) is 4.74 Å². The van der Waals surface area contributed by atoms with Gasteiger partial charge >= 0.3 is 0 Å². The lowest BCUT2D eigenvalue weighted by atomic mass is 10.1. The number of methoxy groups -OCH3 is 2. The Morgan fingerprint density at radius 1 is 1.20 bits per heavy atom. The lowest BCUT2D eigenvalue weighted by molar-refractivity contribution is 0.0319. The lowest BCUT2D eigenvalue weighted by Gasteiger charge is -2.17. The van der Waals surface area contributed by atoms with Crippen molar-refractivity contribution in [1.29, 1.82) is 0 Å². The van der Waals surface area contributed by atoms with Gasteiger partial charge in [0, 0.05) is 13.2 Å². The molecule has 0 heterocycles. The van der Waals surface area contributed by atoms with Crippen molar-refractivity contribution < 1.29 is 19.3 Å². The molecular weight excluding hydrogens is 258 g/mol. The quantitative estimate of drug-likeness (QED) is 0.723. The summed E-state index contributed by atoms with van der Waals surface area (Å²) >= 11 is 0. The first kappa shape index (κ1) is 16.8. The van der Waals surface area contributed by atoms with E-state index in [1.54, 1.807) is 14.2 Å². The van der Waals surface area contributed by atoms with E-state index in [1.165, 1.54) is 0 Å². The van der Waals surface area contributed by atoms with Crippen molar-refractivity contribution in [3.8, 4) is 11.5 Å². The first-order valence-corrected chi connectivity index (χ1v) is 6.83. The molecule has 2 unspecified atom stereocenters. The van der Waals surface area contributed by atoms with Crippen LogP contribution in [0, 0.1) is 0 Å². The molecule has 0 aliphatic heterocycles.